The number of aromatic nitrogens is 2. The monoisotopic (exact) mass is 181 g/mol. The molecular formula is C7H7N3O3. The third-order valence-corrected chi connectivity index (χ3v) is 1.19. The summed E-state index contributed by atoms with van der Waals surface area (Å²) in [4.78, 5) is 15.7. The smallest absolute Gasteiger partial charge is 0.265 e. The molecule has 0 fully saturated rings. The van der Waals surface area contributed by atoms with Gasteiger partial charge in [0, 0.05) is 0 Å². The van der Waals surface area contributed by atoms with Crippen molar-refractivity contribution in [1.29, 1.82) is 0 Å². The summed E-state index contributed by atoms with van der Waals surface area (Å²) in [5.74, 6) is 1.65. The Balaban J connectivity index is 2.50. The van der Waals surface area contributed by atoms with E-state index >= 15 is 0 Å². The highest BCUT2D eigenvalue weighted by molar-refractivity contribution is 5.92. The van der Waals surface area contributed by atoms with Gasteiger partial charge in [-0.1, -0.05) is 11.1 Å². The van der Waals surface area contributed by atoms with Crippen molar-refractivity contribution in [3.63, 3.8) is 0 Å². The van der Waals surface area contributed by atoms with Crippen LogP contribution < -0.4 is 5.48 Å². The average molecular weight is 181 g/mol. The number of terminal acetylenes is 1. The number of nitrogens with zero attached hydrogens (tertiary/aromatic N) is 2. The third-order valence-electron chi connectivity index (χ3n) is 1.19. The lowest BCUT2D eigenvalue weighted by Crippen LogP contribution is -2.24. The molecule has 0 bridgehead atoms. The van der Waals surface area contributed by atoms with Gasteiger partial charge in [0.2, 0.25) is 0 Å². The number of amides is 1. The van der Waals surface area contributed by atoms with Crippen molar-refractivity contribution in [1.82, 2.24) is 15.8 Å². The Hall–Kier alpha value is -1.87. The number of carbonyl (C=O) groups is 1. The molecule has 0 spiro atoms. The molecule has 0 saturated carbocycles. The highest BCUT2D eigenvalue weighted by atomic mass is 16.7. The molecule has 1 heterocycles. The Morgan fingerprint density at radius 3 is 3.08 bits per heavy atom. The van der Waals surface area contributed by atoms with E-state index in [1.807, 2.05) is 0 Å². The summed E-state index contributed by atoms with van der Waals surface area (Å²) in [7, 11) is 0. The summed E-state index contributed by atoms with van der Waals surface area (Å²) in [5, 5.41) is 6.79. The Labute approximate surface area is 74.2 Å². The van der Waals surface area contributed by atoms with E-state index in [1.165, 1.54) is 0 Å². The van der Waals surface area contributed by atoms with E-state index in [0.717, 1.165) is 0 Å². The topological polar surface area (TPSA) is 77.2 Å². The SMILES string of the molecule is C#CCONC(=O)c1nonc1C. The molecule has 0 saturated heterocycles. The largest absolute Gasteiger partial charge is 0.299 e. The van der Waals surface area contributed by atoms with Crippen molar-refractivity contribution in [2.75, 3.05) is 6.61 Å². The van der Waals surface area contributed by atoms with Crippen LogP contribution in [0.2, 0.25) is 0 Å². The maximum absolute atomic E-state index is 11.1. The predicted octanol–water partition coefficient (Wildman–Crippen LogP) is -0.327. The Kier molecular flexibility index (Phi) is 3.00. The van der Waals surface area contributed by atoms with Crippen LogP contribution in [0, 0.1) is 19.3 Å². The number of carbonyl (C=O) groups excluding carboxylic acids is 1. The van der Waals surface area contributed by atoms with Gasteiger partial charge in [-0.2, -0.15) is 0 Å². The van der Waals surface area contributed by atoms with Crippen LogP contribution in [0.15, 0.2) is 4.63 Å². The molecule has 1 amide bonds. The number of hydrogen-bond acceptors (Lipinski definition) is 5. The predicted molar refractivity (Wildman–Crippen MR) is 41.3 cm³/mol. The molecule has 0 aliphatic carbocycles. The molecule has 1 N–H and O–H groups in total. The van der Waals surface area contributed by atoms with E-state index in [0.29, 0.717) is 5.69 Å². The molecule has 6 nitrogen and oxygen atoms in total. The van der Waals surface area contributed by atoms with Crippen molar-refractivity contribution in [2.45, 2.75) is 6.92 Å². The molecule has 0 unspecified atom stereocenters. The zero-order valence-electron chi connectivity index (χ0n) is 6.90. The number of hydrogen-bond donors (Lipinski definition) is 1. The van der Waals surface area contributed by atoms with Gasteiger partial charge in [-0.25, -0.2) is 10.1 Å². The molecule has 0 aromatic carbocycles. The van der Waals surface area contributed by atoms with Gasteiger partial charge in [-0.15, -0.1) is 6.42 Å². The maximum Gasteiger partial charge on any atom is 0.299 e. The first kappa shape index (κ1) is 9.22. The van der Waals surface area contributed by atoms with Gasteiger partial charge < -0.3 is 0 Å². The van der Waals surface area contributed by atoms with Gasteiger partial charge in [0.1, 0.15) is 12.3 Å². The summed E-state index contributed by atoms with van der Waals surface area (Å²) in [6.45, 7) is 1.59. The fourth-order valence-electron chi connectivity index (χ4n) is 0.629. The quantitative estimate of drug-likeness (QED) is 0.392. The Morgan fingerprint density at radius 2 is 2.54 bits per heavy atom. The van der Waals surface area contributed by atoms with Gasteiger partial charge in [0.25, 0.3) is 5.91 Å². The molecular weight excluding hydrogens is 174 g/mol. The zero-order chi connectivity index (χ0) is 9.68. The fourth-order valence-corrected chi connectivity index (χ4v) is 0.629. The van der Waals surface area contributed by atoms with Crippen LogP contribution in [0.5, 0.6) is 0 Å². The number of nitrogens with one attached hydrogen (secondary N) is 1. The average Bonchev–Trinajstić information content (AvgIpc) is 2.52. The molecule has 0 radical (unpaired) electrons. The molecule has 0 aliphatic heterocycles. The first-order valence-corrected chi connectivity index (χ1v) is 3.40. The summed E-state index contributed by atoms with van der Waals surface area (Å²) in [5.41, 5.74) is 2.55. The second kappa shape index (κ2) is 4.23. The first-order valence-electron chi connectivity index (χ1n) is 3.40. The minimum atomic E-state index is -0.533. The van der Waals surface area contributed by atoms with E-state index in [2.05, 4.69) is 31.2 Å². The van der Waals surface area contributed by atoms with Crippen LogP contribution in [0.25, 0.3) is 0 Å². The van der Waals surface area contributed by atoms with E-state index in [1.54, 1.807) is 6.92 Å². The lowest BCUT2D eigenvalue weighted by molar-refractivity contribution is 0.0429. The van der Waals surface area contributed by atoms with E-state index in [-0.39, 0.29) is 12.3 Å². The maximum atomic E-state index is 11.1. The minimum Gasteiger partial charge on any atom is -0.265 e. The lowest BCUT2D eigenvalue weighted by Gasteiger charge is -1.98. The van der Waals surface area contributed by atoms with Crippen molar-refractivity contribution >= 4 is 5.91 Å². The summed E-state index contributed by atoms with van der Waals surface area (Å²) in [6, 6.07) is 0. The van der Waals surface area contributed by atoms with Gasteiger partial charge >= 0.3 is 0 Å². The van der Waals surface area contributed by atoms with Crippen LogP contribution in [-0.4, -0.2) is 22.8 Å². The first-order chi connectivity index (χ1) is 6.25. The molecule has 0 atom stereocenters. The molecule has 13 heavy (non-hydrogen) atoms. The van der Waals surface area contributed by atoms with Crippen LogP contribution in [0.3, 0.4) is 0 Å². The molecule has 1 aromatic heterocycles. The van der Waals surface area contributed by atoms with E-state index in [9.17, 15) is 4.79 Å². The van der Waals surface area contributed by atoms with Crippen LogP contribution in [0.1, 0.15) is 16.2 Å². The third kappa shape index (κ3) is 2.28. The highest BCUT2D eigenvalue weighted by Gasteiger charge is 2.14. The van der Waals surface area contributed by atoms with Crippen LogP contribution >= 0.6 is 0 Å². The Bertz CT molecular complexity index is 339. The van der Waals surface area contributed by atoms with Crippen LogP contribution in [0.4, 0.5) is 0 Å². The van der Waals surface area contributed by atoms with E-state index in [4.69, 9.17) is 6.42 Å². The summed E-state index contributed by atoms with van der Waals surface area (Å²) >= 11 is 0. The van der Waals surface area contributed by atoms with Crippen molar-refractivity contribution in [3.8, 4) is 12.3 Å². The molecule has 6 heteroatoms. The summed E-state index contributed by atoms with van der Waals surface area (Å²) in [6.07, 6.45) is 4.89. The highest BCUT2D eigenvalue weighted by Crippen LogP contribution is 1.99. The van der Waals surface area contributed by atoms with Gasteiger partial charge in [-0.3, -0.25) is 9.63 Å². The van der Waals surface area contributed by atoms with Crippen molar-refractivity contribution in [2.24, 2.45) is 0 Å². The number of hydroxylamine groups is 1. The molecule has 0 aliphatic rings. The van der Waals surface area contributed by atoms with Crippen molar-refractivity contribution < 1.29 is 14.3 Å². The van der Waals surface area contributed by atoms with Gasteiger partial charge in [0.15, 0.2) is 5.69 Å². The van der Waals surface area contributed by atoms with E-state index < -0.39 is 5.91 Å². The summed E-state index contributed by atoms with van der Waals surface area (Å²) < 4.78 is 4.32. The van der Waals surface area contributed by atoms with Crippen molar-refractivity contribution in [3.05, 3.63) is 11.4 Å². The fraction of sp³-hybridized carbons (Fsp3) is 0.286. The standard InChI is InChI=1S/C7H7N3O3/c1-3-4-12-10-7(11)6-5(2)8-13-9-6/h1H,4H2,2H3,(H,10,11). The van der Waals surface area contributed by atoms with Gasteiger partial charge in [-0.05, 0) is 12.1 Å². The minimum absolute atomic E-state index is 0.00390. The second-order valence-corrected chi connectivity index (χ2v) is 2.12. The Morgan fingerprint density at radius 1 is 1.77 bits per heavy atom. The van der Waals surface area contributed by atoms with Crippen LogP contribution in [-0.2, 0) is 4.84 Å². The number of aryl methyl sites for hydroxylation is 1. The zero-order valence-corrected chi connectivity index (χ0v) is 6.90. The number of rotatable bonds is 3. The van der Waals surface area contributed by atoms with Gasteiger partial charge in [0.05, 0.1) is 0 Å². The normalized spacial score (nSPS) is 9.23. The molecule has 1 aromatic rings. The lowest BCUT2D eigenvalue weighted by atomic mass is 10.3. The second-order valence-electron chi connectivity index (χ2n) is 2.12. The molecule has 68 valence electrons. The molecule has 1 rings (SSSR count).